The number of amides is 1. The molecule has 0 fully saturated rings. The highest BCUT2D eigenvalue weighted by molar-refractivity contribution is 5.84. The van der Waals surface area contributed by atoms with E-state index < -0.39 is 17.5 Å². The first-order valence-electron chi connectivity index (χ1n) is 5.87. The maximum absolute atomic E-state index is 13.9. The average Bonchev–Trinajstić information content (AvgIpc) is 2.79. The van der Waals surface area contributed by atoms with Crippen molar-refractivity contribution in [2.24, 2.45) is 0 Å². The monoisotopic (exact) mass is 279 g/mol. The summed E-state index contributed by atoms with van der Waals surface area (Å²) in [7, 11) is 0. The van der Waals surface area contributed by atoms with Gasteiger partial charge >= 0.3 is 6.09 Å². The van der Waals surface area contributed by atoms with Gasteiger partial charge in [0.15, 0.2) is 11.6 Å². The third kappa shape index (κ3) is 3.50. The van der Waals surface area contributed by atoms with E-state index in [0.717, 1.165) is 6.07 Å². The van der Waals surface area contributed by atoms with Crippen molar-refractivity contribution in [2.45, 2.75) is 26.4 Å². The summed E-state index contributed by atoms with van der Waals surface area (Å²) in [6.45, 7) is 5.21. The SMILES string of the molecule is CC(C)(C)OC(=O)Nc1cnc(-n2ccnn2)c(F)c1. The van der Waals surface area contributed by atoms with Crippen LogP contribution in [0.15, 0.2) is 24.7 Å². The van der Waals surface area contributed by atoms with Gasteiger partial charge in [0.2, 0.25) is 0 Å². The van der Waals surface area contributed by atoms with Gasteiger partial charge in [0.05, 0.1) is 24.3 Å². The third-order valence-electron chi connectivity index (χ3n) is 2.11. The molecule has 1 N–H and O–H groups in total. The maximum Gasteiger partial charge on any atom is 0.412 e. The van der Waals surface area contributed by atoms with Gasteiger partial charge in [0.25, 0.3) is 0 Å². The van der Waals surface area contributed by atoms with Crippen LogP contribution in [0.1, 0.15) is 20.8 Å². The van der Waals surface area contributed by atoms with Crippen molar-refractivity contribution in [1.29, 1.82) is 0 Å². The lowest BCUT2D eigenvalue weighted by atomic mass is 10.2. The fourth-order valence-electron chi connectivity index (χ4n) is 1.41. The molecule has 7 nitrogen and oxygen atoms in total. The van der Waals surface area contributed by atoms with Crippen molar-refractivity contribution >= 4 is 11.8 Å². The second kappa shape index (κ2) is 5.24. The summed E-state index contributed by atoms with van der Waals surface area (Å²) in [6.07, 6.45) is 3.51. The van der Waals surface area contributed by atoms with Gasteiger partial charge in [-0.25, -0.2) is 14.2 Å². The van der Waals surface area contributed by atoms with Crippen molar-refractivity contribution in [3.63, 3.8) is 0 Å². The Kier molecular flexibility index (Phi) is 3.64. The number of carbonyl (C=O) groups excluding carboxylic acids is 1. The van der Waals surface area contributed by atoms with Gasteiger partial charge in [-0.1, -0.05) is 5.21 Å². The van der Waals surface area contributed by atoms with E-state index >= 15 is 0 Å². The highest BCUT2D eigenvalue weighted by atomic mass is 19.1. The molecule has 0 atom stereocenters. The summed E-state index contributed by atoms with van der Waals surface area (Å²) in [5.74, 6) is -0.638. The van der Waals surface area contributed by atoms with E-state index in [-0.39, 0.29) is 11.5 Å². The van der Waals surface area contributed by atoms with Crippen molar-refractivity contribution in [1.82, 2.24) is 20.0 Å². The number of ether oxygens (including phenoxy) is 1. The number of hydrogen-bond donors (Lipinski definition) is 1. The van der Waals surface area contributed by atoms with Crippen LogP contribution in [-0.2, 0) is 4.74 Å². The molecule has 0 aliphatic heterocycles. The predicted molar refractivity (Wildman–Crippen MR) is 69.0 cm³/mol. The summed E-state index contributed by atoms with van der Waals surface area (Å²) in [4.78, 5) is 15.4. The van der Waals surface area contributed by atoms with E-state index in [0.29, 0.717) is 0 Å². The van der Waals surface area contributed by atoms with Crippen molar-refractivity contribution in [3.05, 3.63) is 30.5 Å². The molecule has 20 heavy (non-hydrogen) atoms. The molecule has 0 saturated carbocycles. The van der Waals surface area contributed by atoms with Gasteiger partial charge in [-0.3, -0.25) is 5.32 Å². The lowest BCUT2D eigenvalue weighted by Crippen LogP contribution is -2.27. The second-order valence-electron chi connectivity index (χ2n) is 5.00. The van der Waals surface area contributed by atoms with E-state index in [9.17, 15) is 9.18 Å². The predicted octanol–water partition coefficient (Wildman–Crippen LogP) is 2.15. The number of carbonyl (C=O) groups is 1. The largest absolute Gasteiger partial charge is 0.444 e. The minimum Gasteiger partial charge on any atom is -0.444 e. The molecule has 2 heterocycles. The van der Waals surface area contributed by atoms with Crippen molar-refractivity contribution in [3.8, 4) is 5.82 Å². The highest BCUT2D eigenvalue weighted by Gasteiger charge is 2.17. The van der Waals surface area contributed by atoms with Crippen molar-refractivity contribution < 1.29 is 13.9 Å². The average molecular weight is 279 g/mol. The highest BCUT2D eigenvalue weighted by Crippen LogP contribution is 2.15. The first kappa shape index (κ1) is 13.9. The summed E-state index contributed by atoms with van der Waals surface area (Å²) >= 11 is 0. The summed E-state index contributed by atoms with van der Waals surface area (Å²) in [5.41, 5.74) is -0.433. The zero-order chi connectivity index (χ0) is 14.8. The quantitative estimate of drug-likeness (QED) is 0.910. The van der Waals surface area contributed by atoms with Gasteiger partial charge in [0.1, 0.15) is 5.60 Å². The lowest BCUT2D eigenvalue weighted by molar-refractivity contribution is 0.0636. The van der Waals surface area contributed by atoms with Crippen LogP contribution in [0.4, 0.5) is 14.9 Å². The number of rotatable bonds is 2. The molecule has 0 unspecified atom stereocenters. The standard InChI is InChI=1S/C12H14FN5O2/c1-12(2,3)20-11(19)16-8-6-9(13)10(14-7-8)18-5-4-15-17-18/h4-7H,1-3H3,(H,16,19). The molecular weight excluding hydrogens is 265 g/mol. The van der Waals surface area contributed by atoms with Gasteiger partial charge in [0, 0.05) is 6.07 Å². The molecule has 0 saturated heterocycles. The van der Waals surface area contributed by atoms with Gasteiger partial charge in [-0.2, -0.15) is 4.68 Å². The Morgan fingerprint density at radius 3 is 2.75 bits per heavy atom. The Balaban J connectivity index is 2.12. The molecule has 0 aliphatic carbocycles. The third-order valence-corrected chi connectivity index (χ3v) is 2.11. The van der Waals surface area contributed by atoms with Crippen LogP contribution in [0.25, 0.3) is 5.82 Å². The van der Waals surface area contributed by atoms with Crippen LogP contribution in [0.3, 0.4) is 0 Å². The number of nitrogens with zero attached hydrogens (tertiary/aromatic N) is 4. The molecule has 0 radical (unpaired) electrons. The zero-order valence-corrected chi connectivity index (χ0v) is 11.3. The molecule has 8 heteroatoms. The minimum absolute atomic E-state index is 0.00256. The number of nitrogens with one attached hydrogen (secondary N) is 1. The molecule has 2 aromatic heterocycles. The summed E-state index contributed by atoms with van der Waals surface area (Å²) in [6, 6.07) is 1.13. The maximum atomic E-state index is 13.9. The van der Waals surface area contributed by atoms with Gasteiger partial charge < -0.3 is 4.74 Å². The van der Waals surface area contributed by atoms with Crippen LogP contribution in [-0.4, -0.2) is 31.7 Å². The number of hydrogen-bond acceptors (Lipinski definition) is 5. The topological polar surface area (TPSA) is 81.9 Å². The number of aromatic nitrogens is 4. The van der Waals surface area contributed by atoms with E-state index in [1.807, 2.05) is 0 Å². The Morgan fingerprint density at radius 2 is 2.20 bits per heavy atom. The van der Waals surface area contributed by atoms with Gasteiger partial charge in [-0.05, 0) is 20.8 Å². The summed E-state index contributed by atoms with van der Waals surface area (Å²) in [5, 5.41) is 9.61. The molecule has 2 rings (SSSR count). The van der Waals surface area contributed by atoms with Crippen LogP contribution in [0.2, 0.25) is 0 Å². The zero-order valence-electron chi connectivity index (χ0n) is 11.3. The fraction of sp³-hybridized carbons (Fsp3) is 0.333. The molecule has 0 spiro atoms. The molecule has 0 aromatic carbocycles. The number of halogens is 1. The fourth-order valence-corrected chi connectivity index (χ4v) is 1.41. The molecule has 2 aromatic rings. The molecule has 0 bridgehead atoms. The smallest absolute Gasteiger partial charge is 0.412 e. The Morgan fingerprint density at radius 1 is 1.45 bits per heavy atom. The Hall–Kier alpha value is -2.51. The van der Waals surface area contributed by atoms with Crippen molar-refractivity contribution in [2.75, 3.05) is 5.32 Å². The second-order valence-corrected chi connectivity index (χ2v) is 5.00. The first-order chi connectivity index (χ1) is 9.35. The minimum atomic E-state index is -0.674. The lowest BCUT2D eigenvalue weighted by Gasteiger charge is -2.19. The molecule has 106 valence electrons. The number of anilines is 1. The molecule has 0 aliphatic rings. The van der Waals surface area contributed by atoms with E-state index in [1.54, 1.807) is 20.8 Å². The van der Waals surface area contributed by atoms with Crippen LogP contribution < -0.4 is 5.32 Å². The van der Waals surface area contributed by atoms with E-state index in [4.69, 9.17) is 4.74 Å². The van der Waals surface area contributed by atoms with Crippen LogP contribution in [0.5, 0.6) is 0 Å². The first-order valence-corrected chi connectivity index (χ1v) is 5.87. The molecule has 1 amide bonds. The molecular formula is C12H14FN5O2. The normalized spacial score (nSPS) is 11.2. The Labute approximate surface area is 114 Å². The van der Waals surface area contributed by atoms with Crippen LogP contribution in [0, 0.1) is 5.82 Å². The van der Waals surface area contributed by atoms with Crippen LogP contribution >= 0.6 is 0 Å². The van der Waals surface area contributed by atoms with E-state index in [2.05, 4.69) is 20.6 Å². The van der Waals surface area contributed by atoms with Gasteiger partial charge in [-0.15, -0.1) is 5.10 Å². The Bertz CT molecular complexity index is 607. The number of pyridine rings is 1. The summed E-state index contributed by atoms with van der Waals surface area (Å²) < 4.78 is 20.1. The van der Waals surface area contributed by atoms with E-state index in [1.165, 1.54) is 23.3 Å².